The van der Waals surface area contributed by atoms with Crippen molar-refractivity contribution in [2.75, 3.05) is 13.2 Å². The number of benzene rings is 1. The van der Waals surface area contributed by atoms with E-state index in [1.807, 2.05) is 12.1 Å². The van der Waals surface area contributed by atoms with Gasteiger partial charge in [-0.25, -0.2) is 8.42 Å². The largest absolute Gasteiger partial charge is 0.378 e. The predicted molar refractivity (Wildman–Crippen MR) is 81.8 cm³/mol. The van der Waals surface area contributed by atoms with E-state index in [2.05, 4.69) is 20.8 Å². The van der Waals surface area contributed by atoms with Crippen molar-refractivity contribution in [1.82, 2.24) is 4.31 Å². The van der Waals surface area contributed by atoms with E-state index in [9.17, 15) is 8.42 Å². The van der Waals surface area contributed by atoms with Gasteiger partial charge in [0.25, 0.3) is 0 Å². The molecule has 116 valence electrons. The lowest BCUT2D eigenvalue weighted by molar-refractivity contribution is 0.0269. The molecule has 0 saturated carbocycles. The monoisotopic (exact) mass is 309 g/mol. The number of ether oxygens (including phenoxy) is 1. The molecule has 5 heteroatoms. The molecule has 0 amide bonds. The topological polar surface area (TPSA) is 46.6 Å². The molecule has 2 saturated heterocycles. The van der Waals surface area contributed by atoms with Gasteiger partial charge in [-0.3, -0.25) is 0 Å². The van der Waals surface area contributed by atoms with Gasteiger partial charge in [-0.15, -0.1) is 0 Å². The van der Waals surface area contributed by atoms with E-state index in [0.717, 1.165) is 18.4 Å². The van der Waals surface area contributed by atoms with E-state index < -0.39 is 10.0 Å². The minimum atomic E-state index is -3.41. The summed E-state index contributed by atoms with van der Waals surface area (Å²) in [4.78, 5) is 0.398. The first-order valence-corrected chi connectivity index (χ1v) is 8.96. The summed E-state index contributed by atoms with van der Waals surface area (Å²) in [6, 6.07) is 7.35. The number of rotatable bonds is 2. The summed E-state index contributed by atoms with van der Waals surface area (Å²) in [5.41, 5.74) is 1.17. The summed E-state index contributed by atoms with van der Waals surface area (Å²) >= 11 is 0. The highest BCUT2D eigenvalue weighted by Gasteiger charge is 2.45. The van der Waals surface area contributed by atoms with E-state index in [1.54, 1.807) is 16.4 Å². The second-order valence-electron chi connectivity index (χ2n) is 7.03. The predicted octanol–water partition coefficient (Wildman–Crippen LogP) is 2.54. The lowest BCUT2D eigenvalue weighted by atomic mass is 9.87. The van der Waals surface area contributed by atoms with E-state index >= 15 is 0 Å². The molecule has 2 unspecified atom stereocenters. The molecule has 0 aliphatic carbocycles. The van der Waals surface area contributed by atoms with E-state index in [1.165, 1.54) is 0 Å². The van der Waals surface area contributed by atoms with Crippen molar-refractivity contribution in [3.05, 3.63) is 29.8 Å². The summed E-state index contributed by atoms with van der Waals surface area (Å²) in [6.07, 6.45) is 1.81. The Labute approximate surface area is 127 Å². The zero-order valence-electron chi connectivity index (χ0n) is 12.9. The summed E-state index contributed by atoms with van der Waals surface area (Å²) in [7, 11) is -3.41. The molecule has 1 aromatic carbocycles. The van der Waals surface area contributed by atoms with Crippen LogP contribution in [0.4, 0.5) is 0 Å². The second-order valence-corrected chi connectivity index (χ2v) is 8.87. The molecule has 2 bridgehead atoms. The lowest BCUT2D eigenvalue weighted by Gasteiger charge is -2.33. The maximum absolute atomic E-state index is 12.9. The molecule has 0 spiro atoms. The van der Waals surface area contributed by atoms with Gasteiger partial charge in [0.2, 0.25) is 10.0 Å². The van der Waals surface area contributed by atoms with Gasteiger partial charge in [-0.1, -0.05) is 32.9 Å². The molecule has 2 aliphatic rings. The minimum absolute atomic E-state index is 0.0102. The number of nitrogens with zero attached hydrogens (tertiary/aromatic N) is 1. The van der Waals surface area contributed by atoms with Crippen LogP contribution in [-0.2, 0) is 20.2 Å². The lowest BCUT2D eigenvalue weighted by Crippen LogP contribution is -2.48. The fourth-order valence-electron chi connectivity index (χ4n) is 3.23. The molecule has 0 aromatic heterocycles. The Hall–Kier alpha value is -0.910. The third-order valence-corrected chi connectivity index (χ3v) is 6.49. The maximum Gasteiger partial charge on any atom is 0.243 e. The Bertz CT molecular complexity index is 600. The standard InChI is InChI=1S/C16H23NO3S/c1-16(2,3)12-4-8-15(9-5-12)21(18,19)17-13-6-7-14(17)11-20-10-13/h4-5,8-9,13-14H,6-7,10-11H2,1-3H3. The minimum Gasteiger partial charge on any atom is -0.378 e. The van der Waals surface area contributed by atoms with Crippen LogP contribution >= 0.6 is 0 Å². The highest BCUT2D eigenvalue weighted by molar-refractivity contribution is 7.89. The SMILES string of the molecule is CC(C)(C)c1ccc(S(=O)(=O)N2C3CCC2COC3)cc1. The van der Waals surface area contributed by atoms with Gasteiger partial charge in [0.05, 0.1) is 18.1 Å². The summed E-state index contributed by atoms with van der Waals surface area (Å²) in [5.74, 6) is 0. The average molecular weight is 309 g/mol. The molecule has 2 fully saturated rings. The molecular formula is C16H23NO3S. The van der Waals surface area contributed by atoms with Crippen LogP contribution in [0, 0.1) is 0 Å². The number of hydrogen-bond donors (Lipinski definition) is 0. The van der Waals surface area contributed by atoms with E-state index in [0.29, 0.717) is 18.1 Å². The van der Waals surface area contributed by atoms with Crippen LogP contribution in [-0.4, -0.2) is 38.0 Å². The number of sulfonamides is 1. The van der Waals surface area contributed by atoms with Crippen LogP contribution in [0.15, 0.2) is 29.2 Å². The number of morpholine rings is 1. The molecular weight excluding hydrogens is 286 g/mol. The van der Waals surface area contributed by atoms with Gasteiger partial charge < -0.3 is 4.74 Å². The van der Waals surface area contributed by atoms with Gasteiger partial charge in [0.1, 0.15) is 0 Å². The third kappa shape index (κ3) is 2.62. The Balaban J connectivity index is 1.92. The van der Waals surface area contributed by atoms with Gasteiger partial charge in [0.15, 0.2) is 0 Å². The molecule has 0 radical (unpaired) electrons. The Morgan fingerprint density at radius 2 is 1.57 bits per heavy atom. The first kappa shape index (κ1) is 15.0. The molecule has 2 heterocycles. The van der Waals surface area contributed by atoms with Crippen molar-refractivity contribution in [3.8, 4) is 0 Å². The van der Waals surface area contributed by atoms with Gasteiger partial charge in [-0.2, -0.15) is 4.31 Å². The normalized spacial score (nSPS) is 27.0. The van der Waals surface area contributed by atoms with Crippen LogP contribution in [0.1, 0.15) is 39.2 Å². The van der Waals surface area contributed by atoms with Gasteiger partial charge in [0, 0.05) is 12.1 Å². The summed E-state index contributed by atoms with van der Waals surface area (Å²) in [5, 5.41) is 0. The zero-order valence-corrected chi connectivity index (χ0v) is 13.7. The van der Waals surface area contributed by atoms with E-state index in [4.69, 9.17) is 4.74 Å². The smallest absolute Gasteiger partial charge is 0.243 e. The Kier molecular flexibility index (Phi) is 3.62. The molecule has 1 aromatic rings. The Morgan fingerprint density at radius 3 is 2.05 bits per heavy atom. The Morgan fingerprint density at radius 1 is 1.05 bits per heavy atom. The quantitative estimate of drug-likeness (QED) is 0.843. The van der Waals surface area contributed by atoms with Crippen LogP contribution in [0.5, 0.6) is 0 Å². The fraction of sp³-hybridized carbons (Fsp3) is 0.625. The van der Waals surface area contributed by atoms with Crippen LogP contribution in [0.25, 0.3) is 0 Å². The highest BCUT2D eigenvalue weighted by Crippen LogP contribution is 2.34. The molecule has 2 atom stereocenters. The van der Waals surface area contributed by atoms with Crippen molar-refractivity contribution < 1.29 is 13.2 Å². The van der Waals surface area contributed by atoms with Crippen molar-refractivity contribution >= 4 is 10.0 Å². The molecule has 2 aliphatic heterocycles. The zero-order chi connectivity index (χ0) is 15.3. The molecule has 4 nitrogen and oxygen atoms in total. The van der Waals surface area contributed by atoms with Crippen molar-refractivity contribution in [3.63, 3.8) is 0 Å². The summed E-state index contributed by atoms with van der Waals surface area (Å²) < 4.78 is 32.9. The molecule has 0 N–H and O–H groups in total. The van der Waals surface area contributed by atoms with Crippen molar-refractivity contribution in [2.24, 2.45) is 0 Å². The van der Waals surface area contributed by atoms with Gasteiger partial charge >= 0.3 is 0 Å². The molecule has 21 heavy (non-hydrogen) atoms. The summed E-state index contributed by atoms with van der Waals surface area (Å²) in [6.45, 7) is 7.42. The number of hydrogen-bond acceptors (Lipinski definition) is 3. The average Bonchev–Trinajstić information content (AvgIpc) is 2.69. The first-order chi connectivity index (χ1) is 9.80. The van der Waals surface area contributed by atoms with Crippen LogP contribution in [0.2, 0.25) is 0 Å². The molecule has 3 rings (SSSR count). The van der Waals surface area contributed by atoms with Crippen molar-refractivity contribution in [2.45, 2.75) is 56.0 Å². The van der Waals surface area contributed by atoms with Crippen LogP contribution in [0.3, 0.4) is 0 Å². The second kappa shape index (κ2) is 5.07. The first-order valence-electron chi connectivity index (χ1n) is 7.52. The maximum atomic E-state index is 12.9. The number of fused-ring (bicyclic) bond motifs is 2. The third-order valence-electron chi connectivity index (χ3n) is 4.47. The van der Waals surface area contributed by atoms with Gasteiger partial charge in [-0.05, 0) is 36.0 Å². The highest BCUT2D eigenvalue weighted by atomic mass is 32.2. The fourth-order valence-corrected chi connectivity index (χ4v) is 5.07. The van der Waals surface area contributed by atoms with Crippen molar-refractivity contribution in [1.29, 1.82) is 0 Å². The van der Waals surface area contributed by atoms with Crippen LogP contribution < -0.4 is 0 Å². The van der Waals surface area contributed by atoms with E-state index in [-0.39, 0.29) is 17.5 Å².